The van der Waals surface area contributed by atoms with Gasteiger partial charge in [-0.1, -0.05) is 13.8 Å². The van der Waals surface area contributed by atoms with E-state index in [0.717, 1.165) is 35.9 Å². The number of aliphatic hydroxyl groups excluding tert-OH is 1. The Morgan fingerprint density at radius 2 is 2.22 bits per heavy atom. The Morgan fingerprint density at radius 1 is 1.41 bits per heavy atom. The maximum absolute atomic E-state index is 12.5. The summed E-state index contributed by atoms with van der Waals surface area (Å²) in [5.74, 6) is 0.311. The summed E-state index contributed by atoms with van der Waals surface area (Å²) < 4.78 is 5.06. The molecule has 0 saturated heterocycles. The fourth-order valence-corrected chi connectivity index (χ4v) is 4.74. The van der Waals surface area contributed by atoms with Crippen molar-refractivity contribution >= 4 is 27.5 Å². The number of thiophene rings is 1. The molecule has 2 aromatic heterocycles. The molecule has 7 nitrogen and oxygen atoms in total. The van der Waals surface area contributed by atoms with Crippen LogP contribution in [0.2, 0.25) is 0 Å². The van der Waals surface area contributed by atoms with Crippen molar-refractivity contribution in [3.63, 3.8) is 0 Å². The van der Waals surface area contributed by atoms with Gasteiger partial charge in [-0.3, -0.25) is 14.5 Å². The number of hydrogen-bond acceptors (Lipinski definition) is 7. The third kappa shape index (κ3) is 4.75. The number of aromatic nitrogens is 2. The molecule has 2 aromatic rings. The van der Waals surface area contributed by atoms with E-state index < -0.39 is 6.10 Å². The van der Waals surface area contributed by atoms with Crippen LogP contribution in [-0.4, -0.2) is 51.7 Å². The van der Waals surface area contributed by atoms with E-state index in [9.17, 15) is 14.7 Å². The number of fused-ring (bicyclic) bond motifs is 3. The number of nitrogens with zero attached hydrogens (tertiary/aromatic N) is 2. The lowest BCUT2D eigenvalue weighted by atomic mass is 10.2. The second-order valence-electron chi connectivity index (χ2n) is 6.96. The summed E-state index contributed by atoms with van der Waals surface area (Å²) in [5, 5.41) is 10.9. The van der Waals surface area contributed by atoms with E-state index in [-0.39, 0.29) is 18.1 Å². The molecule has 2 N–H and O–H groups in total. The monoisotopic (exact) mass is 393 g/mol. The predicted molar refractivity (Wildman–Crippen MR) is 105 cm³/mol. The van der Waals surface area contributed by atoms with Crippen LogP contribution in [0.4, 0.5) is 0 Å². The molecule has 2 heterocycles. The van der Waals surface area contributed by atoms with Gasteiger partial charge < -0.3 is 14.8 Å². The number of aromatic amines is 1. The Kier molecular flexibility index (Phi) is 6.62. The highest BCUT2D eigenvalue weighted by molar-refractivity contribution is 7.18. The van der Waals surface area contributed by atoms with Gasteiger partial charge in [0.15, 0.2) is 0 Å². The van der Waals surface area contributed by atoms with Crippen molar-refractivity contribution in [2.45, 2.75) is 58.6 Å². The van der Waals surface area contributed by atoms with Gasteiger partial charge in [0.05, 0.1) is 11.9 Å². The number of ether oxygens (including phenoxy) is 1. The van der Waals surface area contributed by atoms with Gasteiger partial charge in [0, 0.05) is 17.8 Å². The molecule has 0 saturated carbocycles. The van der Waals surface area contributed by atoms with Gasteiger partial charge in [0.1, 0.15) is 23.4 Å². The normalized spacial score (nSPS) is 14.7. The summed E-state index contributed by atoms with van der Waals surface area (Å²) in [6.45, 7) is 5.33. The molecule has 1 atom stereocenters. The number of rotatable bonds is 9. The number of aryl methyl sites for hydroxylation is 2. The first-order valence-corrected chi connectivity index (χ1v) is 10.4. The Hall–Kier alpha value is -1.77. The van der Waals surface area contributed by atoms with Crippen molar-refractivity contribution in [3.05, 3.63) is 26.6 Å². The molecule has 1 aliphatic carbocycles. The first-order chi connectivity index (χ1) is 13.0. The topological polar surface area (TPSA) is 95.5 Å². The SMILES string of the molecule is CCCC(=O)OC[C@@H](O)CN(CC)Cc1nc2sc3c(c2c(=O)[nH]1)CCC3. The van der Waals surface area contributed by atoms with Crippen molar-refractivity contribution in [1.29, 1.82) is 0 Å². The Morgan fingerprint density at radius 3 is 2.96 bits per heavy atom. The second kappa shape index (κ2) is 8.95. The predicted octanol–water partition coefficient (Wildman–Crippen LogP) is 2.00. The molecule has 148 valence electrons. The van der Waals surface area contributed by atoms with Gasteiger partial charge >= 0.3 is 5.97 Å². The zero-order chi connectivity index (χ0) is 19.4. The summed E-state index contributed by atoms with van der Waals surface area (Å²) >= 11 is 1.62. The van der Waals surface area contributed by atoms with Crippen LogP contribution in [0, 0.1) is 0 Å². The third-order valence-electron chi connectivity index (χ3n) is 4.80. The van der Waals surface area contributed by atoms with Gasteiger partial charge in [0.25, 0.3) is 5.56 Å². The fourth-order valence-electron chi connectivity index (χ4n) is 3.46. The minimum Gasteiger partial charge on any atom is -0.463 e. The lowest BCUT2D eigenvalue weighted by Gasteiger charge is -2.22. The maximum Gasteiger partial charge on any atom is 0.305 e. The Labute approximate surface area is 162 Å². The van der Waals surface area contributed by atoms with Gasteiger partial charge in [0.2, 0.25) is 0 Å². The van der Waals surface area contributed by atoms with E-state index in [4.69, 9.17) is 4.74 Å². The summed E-state index contributed by atoms with van der Waals surface area (Å²) in [6.07, 6.45) is 3.43. The Bertz CT molecular complexity index is 860. The van der Waals surface area contributed by atoms with Gasteiger partial charge in [-0.15, -0.1) is 11.3 Å². The summed E-state index contributed by atoms with van der Waals surface area (Å²) in [6, 6.07) is 0. The van der Waals surface area contributed by atoms with E-state index in [1.54, 1.807) is 11.3 Å². The number of likely N-dealkylation sites (N-methyl/N-ethyl adjacent to an activating group) is 1. The van der Waals surface area contributed by atoms with Crippen LogP contribution in [0.5, 0.6) is 0 Å². The largest absolute Gasteiger partial charge is 0.463 e. The molecule has 0 aliphatic heterocycles. The van der Waals surface area contributed by atoms with Crippen LogP contribution < -0.4 is 5.56 Å². The summed E-state index contributed by atoms with van der Waals surface area (Å²) in [5.41, 5.74) is 1.10. The van der Waals surface area contributed by atoms with Crippen molar-refractivity contribution in [3.8, 4) is 0 Å². The van der Waals surface area contributed by atoms with Gasteiger partial charge in [-0.05, 0) is 37.8 Å². The molecule has 0 radical (unpaired) electrons. The van der Waals surface area contributed by atoms with E-state index in [1.807, 2.05) is 18.7 Å². The molecular formula is C19H27N3O4S. The van der Waals surface area contributed by atoms with E-state index in [2.05, 4.69) is 9.97 Å². The zero-order valence-corrected chi connectivity index (χ0v) is 16.7. The van der Waals surface area contributed by atoms with Crippen molar-refractivity contribution in [2.24, 2.45) is 0 Å². The summed E-state index contributed by atoms with van der Waals surface area (Å²) in [7, 11) is 0. The molecule has 0 spiro atoms. The molecule has 1 aliphatic rings. The molecule has 0 aromatic carbocycles. The average Bonchev–Trinajstić information content (AvgIpc) is 3.20. The highest BCUT2D eigenvalue weighted by Crippen LogP contribution is 2.34. The number of H-pyrrole nitrogens is 1. The van der Waals surface area contributed by atoms with Crippen LogP contribution in [0.1, 0.15) is 49.4 Å². The van der Waals surface area contributed by atoms with Crippen molar-refractivity contribution in [1.82, 2.24) is 14.9 Å². The standard InChI is InChI=1S/C19H27N3O4S/c1-3-6-16(24)26-11-12(23)9-22(4-2)10-15-20-18(25)17-13-7-5-8-14(13)27-19(17)21-15/h12,23H,3-11H2,1-2H3,(H,20,21,25)/t12-/m0/s1. The minimum atomic E-state index is -0.772. The third-order valence-corrected chi connectivity index (χ3v) is 5.99. The maximum atomic E-state index is 12.5. The zero-order valence-electron chi connectivity index (χ0n) is 15.9. The Balaban J connectivity index is 1.64. The quantitative estimate of drug-likeness (QED) is 0.633. The minimum absolute atomic E-state index is 0.0179. The number of esters is 1. The smallest absolute Gasteiger partial charge is 0.305 e. The number of carbonyl (C=O) groups excluding carboxylic acids is 1. The molecule has 0 unspecified atom stereocenters. The van der Waals surface area contributed by atoms with Crippen LogP contribution in [0.15, 0.2) is 4.79 Å². The van der Waals surface area contributed by atoms with Gasteiger partial charge in [-0.2, -0.15) is 0 Å². The second-order valence-corrected chi connectivity index (χ2v) is 8.05. The lowest BCUT2D eigenvalue weighted by Crippen LogP contribution is -2.35. The molecule has 8 heteroatoms. The summed E-state index contributed by atoms with van der Waals surface area (Å²) in [4.78, 5) is 35.6. The fraction of sp³-hybridized carbons (Fsp3) is 0.632. The van der Waals surface area contributed by atoms with E-state index >= 15 is 0 Å². The molecule has 3 rings (SSSR count). The highest BCUT2D eigenvalue weighted by atomic mass is 32.1. The molecule has 0 fully saturated rings. The molecule has 0 amide bonds. The number of aliphatic hydroxyl groups is 1. The van der Waals surface area contributed by atoms with E-state index in [0.29, 0.717) is 31.9 Å². The first-order valence-electron chi connectivity index (χ1n) is 9.61. The van der Waals surface area contributed by atoms with Crippen LogP contribution >= 0.6 is 11.3 Å². The van der Waals surface area contributed by atoms with Crippen LogP contribution in [-0.2, 0) is 28.9 Å². The van der Waals surface area contributed by atoms with E-state index in [1.165, 1.54) is 10.4 Å². The average molecular weight is 394 g/mol. The number of carbonyl (C=O) groups is 1. The van der Waals surface area contributed by atoms with Crippen LogP contribution in [0.3, 0.4) is 0 Å². The molecule has 27 heavy (non-hydrogen) atoms. The van der Waals surface area contributed by atoms with Crippen molar-refractivity contribution in [2.75, 3.05) is 19.7 Å². The highest BCUT2D eigenvalue weighted by Gasteiger charge is 2.21. The van der Waals surface area contributed by atoms with Crippen molar-refractivity contribution < 1.29 is 14.6 Å². The number of nitrogens with one attached hydrogen (secondary N) is 1. The number of hydrogen-bond donors (Lipinski definition) is 2. The molecular weight excluding hydrogens is 366 g/mol. The molecule has 0 bridgehead atoms. The van der Waals surface area contributed by atoms with Gasteiger partial charge in [-0.25, -0.2) is 4.98 Å². The first kappa shape index (κ1) is 20.0. The van der Waals surface area contributed by atoms with Crippen LogP contribution in [0.25, 0.3) is 10.2 Å². The lowest BCUT2D eigenvalue weighted by molar-refractivity contribution is -0.147.